The Balaban J connectivity index is 1.97. The lowest BCUT2D eigenvalue weighted by atomic mass is 9.87. The lowest BCUT2D eigenvalue weighted by Crippen LogP contribution is -2.29. The van der Waals surface area contributed by atoms with Gasteiger partial charge in [0.05, 0.1) is 0 Å². The maximum atomic E-state index is 12.2. The summed E-state index contributed by atoms with van der Waals surface area (Å²) >= 11 is 1.63. The summed E-state index contributed by atoms with van der Waals surface area (Å²) in [7, 11) is 1.66. The fourth-order valence-electron chi connectivity index (χ4n) is 2.20. The Morgan fingerprint density at radius 1 is 1.23 bits per heavy atom. The van der Waals surface area contributed by atoms with Crippen molar-refractivity contribution in [2.24, 2.45) is 0 Å². The minimum atomic E-state index is -0.107. The third kappa shape index (κ3) is 4.18. The fraction of sp³-hybridized carbons (Fsp3) is 0.389. The second kappa shape index (κ2) is 7.07. The zero-order valence-corrected chi connectivity index (χ0v) is 14.4. The SMILES string of the molecule is COC(CNC(=O)c1ccc(C(C)(C)C)cc1)c1ccsc1. The van der Waals surface area contributed by atoms with Gasteiger partial charge in [0.15, 0.2) is 0 Å². The van der Waals surface area contributed by atoms with Gasteiger partial charge in [-0.25, -0.2) is 0 Å². The zero-order valence-electron chi connectivity index (χ0n) is 13.6. The molecule has 0 spiro atoms. The number of amides is 1. The van der Waals surface area contributed by atoms with Gasteiger partial charge in [-0.15, -0.1) is 0 Å². The Labute approximate surface area is 136 Å². The summed E-state index contributed by atoms with van der Waals surface area (Å²) in [6, 6.07) is 9.80. The van der Waals surface area contributed by atoms with Gasteiger partial charge in [0.2, 0.25) is 0 Å². The lowest BCUT2D eigenvalue weighted by Gasteiger charge is -2.19. The van der Waals surface area contributed by atoms with Crippen LogP contribution in [-0.2, 0) is 10.2 Å². The summed E-state index contributed by atoms with van der Waals surface area (Å²) in [6.07, 6.45) is -0.107. The molecule has 2 rings (SSSR count). The number of benzene rings is 1. The van der Waals surface area contributed by atoms with Gasteiger partial charge < -0.3 is 10.1 Å². The molecule has 1 atom stereocenters. The van der Waals surface area contributed by atoms with Crippen molar-refractivity contribution in [3.05, 3.63) is 57.8 Å². The number of carbonyl (C=O) groups excluding carboxylic acids is 1. The fourth-order valence-corrected chi connectivity index (χ4v) is 2.91. The Bertz CT molecular complexity index is 597. The van der Waals surface area contributed by atoms with Gasteiger partial charge in [-0.05, 0) is 45.5 Å². The molecule has 0 saturated carbocycles. The molecule has 1 unspecified atom stereocenters. The number of hydrogen-bond donors (Lipinski definition) is 1. The molecule has 1 aromatic heterocycles. The normalized spacial score (nSPS) is 12.9. The van der Waals surface area contributed by atoms with Gasteiger partial charge in [0, 0.05) is 19.2 Å². The number of rotatable bonds is 5. The molecular weight excluding hydrogens is 294 g/mol. The van der Waals surface area contributed by atoms with E-state index in [0.29, 0.717) is 12.1 Å². The van der Waals surface area contributed by atoms with E-state index in [0.717, 1.165) is 5.56 Å². The van der Waals surface area contributed by atoms with Crippen molar-refractivity contribution in [1.82, 2.24) is 5.32 Å². The maximum Gasteiger partial charge on any atom is 0.251 e. The van der Waals surface area contributed by atoms with Crippen LogP contribution in [0.25, 0.3) is 0 Å². The molecule has 1 amide bonds. The van der Waals surface area contributed by atoms with E-state index in [9.17, 15) is 4.79 Å². The standard InChI is InChI=1S/C18H23NO2S/c1-18(2,3)15-7-5-13(6-8-15)17(20)19-11-16(21-4)14-9-10-22-12-14/h5-10,12,16H,11H2,1-4H3,(H,19,20). The number of thiophene rings is 1. The summed E-state index contributed by atoms with van der Waals surface area (Å²) < 4.78 is 5.44. The first-order chi connectivity index (χ1) is 10.4. The van der Waals surface area contributed by atoms with Gasteiger partial charge in [0.25, 0.3) is 5.91 Å². The molecule has 0 aliphatic carbocycles. The number of ether oxygens (including phenoxy) is 1. The summed E-state index contributed by atoms with van der Waals surface area (Å²) in [5.74, 6) is -0.0715. The minimum absolute atomic E-state index is 0.0715. The van der Waals surface area contributed by atoms with Crippen LogP contribution in [0.4, 0.5) is 0 Å². The van der Waals surface area contributed by atoms with E-state index in [1.807, 2.05) is 41.1 Å². The topological polar surface area (TPSA) is 38.3 Å². The number of nitrogens with one attached hydrogen (secondary N) is 1. The molecule has 1 aromatic carbocycles. The first-order valence-corrected chi connectivity index (χ1v) is 8.29. The van der Waals surface area contributed by atoms with Crippen molar-refractivity contribution in [1.29, 1.82) is 0 Å². The van der Waals surface area contributed by atoms with E-state index in [4.69, 9.17) is 4.74 Å². The molecule has 1 N–H and O–H groups in total. The average molecular weight is 317 g/mol. The van der Waals surface area contributed by atoms with Crippen LogP contribution in [0.2, 0.25) is 0 Å². The van der Waals surface area contributed by atoms with Crippen molar-refractivity contribution in [2.75, 3.05) is 13.7 Å². The van der Waals surface area contributed by atoms with Crippen molar-refractivity contribution in [3.8, 4) is 0 Å². The maximum absolute atomic E-state index is 12.2. The van der Waals surface area contributed by atoms with Gasteiger partial charge in [-0.1, -0.05) is 32.9 Å². The highest BCUT2D eigenvalue weighted by Crippen LogP contribution is 2.22. The Kier molecular flexibility index (Phi) is 5.37. The van der Waals surface area contributed by atoms with Crippen LogP contribution in [0.15, 0.2) is 41.1 Å². The van der Waals surface area contributed by atoms with Crippen LogP contribution in [0, 0.1) is 0 Å². The summed E-state index contributed by atoms with van der Waals surface area (Å²) in [4.78, 5) is 12.2. The van der Waals surface area contributed by atoms with E-state index in [-0.39, 0.29) is 17.4 Å². The molecular formula is C18H23NO2S. The first kappa shape index (κ1) is 16.7. The number of carbonyl (C=O) groups is 1. The molecule has 0 bridgehead atoms. The average Bonchev–Trinajstić information content (AvgIpc) is 3.01. The van der Waals surface area contributed by atoms with Crippen LogP contribution >= 0.6 is 11.3 Å². The van der Waals surface area contributed by atoms with E-state index in [1.165, 1.54) is 5.56 Å². The van der Waals surface area contributed by atoms with Crippen molar-refractivity contribution in [3.63, 3.8) is 0 Å². The summed E-state index contributed by atoms with van der Waals surface area (Å²) in [5, 5.41) is 6.99. The molecule has 118 valence electrons. The third-order valence-corrected chi connectivity index (χ3v) is 4.36. The predicted molar refractivity (Wildman–Crippen MR) is 91.5 cm³/mol. The zero-order chi connectivity index (χ0) is 16.2. The molecule has 0 saturated heterocycles. The molecule has 1 heterocycles. The van der Waals surface area contributed by atoms with Crippen LogP contribution in [0.1, 0.15) is 48.4 Å². The number of methoxy groups -OCH3 is 1. The Morgan fingerprint density at radius 2 is 1.91 bits per heavy atom. The first-order valence-electron chi connectivity index (χ1n) is 7.35. The summed E-state index contributed by atoms with van der Waals surface area (Å²) in [6.45, 7) is 6.94. The molecule has 0 radical (unpaired) electrons. The van der Waals surface area contributed by atoms with Gasteiger partial charge in [-0.3, -0.25) is 4.79 Å². The van der Waals surface area contributed by atoms with Crippen molar-refractivity contribution in [2.45, 2.75) is 32.3 Å². The second-order valence-electron chi connectivity index (χ2n) is 6.32. The molecule has 4 heteroatoms. The van der Waals surface area contributed by atoms with Crippen LogP contribution in [-0.4, -0.2) is 19.6 Å². The van der Waals surface area contributed by atoms with Crippen molar-refractivity contribution < 1.29 is 9.53 Å². The second-order valence-corrected chi connectivity index (χ2v) is 7.10. The van der Waals surface area contributed by atoms with Crippen molar-refractivity contribution >= 4 is 17.2 Å². The van der Waals surface area contributed by atoms with Gasteiger partial charge >= 0.3 is 0 Å². The predicted octanol–water partition coefficient (Wildman–Crippen LogP) is 4.16. The highest BCUT2D eigenvalue weighted by Gasteiger charge is 2.16. The van der Waals surface area contributed by atoms with Gasteiger partial charge in [0.1, 0.15) is 6.10 Å². The Hall–Kier alpha value is -1.65. The van der Waals surface area contributed by atoms with Crippen LogP contribution in [0.3, 0.4) is 0 Å². The molecule has 3 nitrogen and oxygen atoms in total. The monoisotopic (exact) mass is 317 g/mol. The van der Waals surface area contributed by atoms with E-state index in [2.05, 4.69) is 26.1 Å². The molecule has 0 aliphatic rings. The van der Waals surface area contributed by atoms with Crippen LogP contribution in [0.5, 0.6) is 0 Å². The molecule has 0 aliphatic heterocycles. The highest BCUT2D eigenvalue weighted by molar-refractivity contribution is 7.07. The van der Waals surface area contributed by atoms with E-state index < -0.39 is 0 Å². The molecule has 0 fully saturated rings. The quantitative estimate of drug-likeness (QED) is 0.899. The van der Waals surface area contributed by atoms with E-state index in [1.54, 1.807) is 18.4 Å². The smallest absolute Gasteiger partial charge is 0.251 e. The Morgan fingerprint density at radius 3 is 2.41 bits per heavy atom. The lowest BCUT2D eigenvalue weighted by molar-refractivity contribution is 0.0829. The summed E-state index contributed by atoms with van der Waals surface area (Å²) in [5.41, 5.74) is 3.08. The third-order valence-electron chi connectivity index (χ3n) is 3.66. The van der Waals surface area contributed by atoms with Crippen LogP contribution < -0.4 is 5.32 Å². The molecule has 2 aromatic rings. The van der Waals surface area contributed by atoms with Gasteiger partial charge in [-0.2, -0.15) is 11.3 Å². The highest BCUT2D eigenvalue weighted by atomic mass is 32.1. The molecule has 22 heavy (non-hydrogen) atoms. The van der Waals surface area contributed by atoms with E-state index >= 15 is 0 Å². The minimum Gasteiger partial charge on any atom is -0.375 e. The largest absolute Gasteiger partial charge is 0.375 e. The number of hydrogen-bond acceptors (Lipinski definition) is 3.